The van der Waals surface area contributed by atoms with Crippen molar-refractivity contribution in [3.05, 3.63) is 17.3 Å². The molecule has 1 aliphatic rings. The Labute approximate surface area is 120 Å². The molecule has 4 heteroatoms. The van der Waals surface area contributed by atoms with Gasteiger partial charge in [-0.05, 0) is 42.7 Å². The average molecular weight is 282 g/mol. The smallest absolute Gasteiger partial charge is 0.150 e. The van der Waals surface area contributed by atoms with Gasteiger partial charge < -0.3 is 11.1 Å². The Morgan fingerprint density at radius 1 is 1.37 bits per heavy atom. The van der Waals surface area contributed by atoms with Crippen molar-refractivity contribution in [1.29, 1.82) is 0 Å². The number of hydrogen-bond acceptors (Lipinski definition) is 3. The van der Waals surface area contributed by atoms with E-state index in [0.717, 1.165) is 18.3 Å². The number of nitrogens with two attached hydrogens (primary N) is 1. The average Bonchev–Trinajstić information content (AvgIpc) is 2.78. The minimum atomic E-state index is 0.407. The molecule has 0 bridgehead atoms. The standard InChI is InChI=1S/C15H24ClN3/c1-11(2)9-15(7-3-4-8-15)10-18-14-12(17)5-6-13(16)19-14/h5-6,11H,3-4,7-10,17H2,1-2H3,(H,18,19). The van der Waals surface area contributed by atoms with Gasteiger partial charge in [-0.3, -0.25) is 0 Å². The van der Waals surface area contributed by atoms with Crippen molar-refractivity contribution in [3.8, 4) is 0 Å². The molecule has 0 atom stereocenters. The Kier molecular flexibility index (Phi) is 4.56. The summed E-state index contributed by atoms with van der Waals surface area (Å²) in [4.78, 5) is 4.27. The number of nitrogen functional groups attached to an aromatic ring is 1. The van der Waals surface area contributed by atoms with Crippen molar-refractivity contribution in [2.24, 2.45) is 11.3 Å². The molecule has 1 heterocycles. The molecule has 0 amide bonds. The second kappa shape index (κ2) is 6.00. The third-order valence-corrected chi connectivity index (χ3v) is 4.24. The van der Waals surface area contributed by atoms with Gasteiger partial charge in [0.15, 0.2) is 5.82 Å². The van der Waals surface area contributed by atoms with Gasteiger partial charge in [0.05, 0.1) is 5.69 Å². The molecule has 2 rings (SSSR count). The number of halogens is 1. The van der Waals surface area contributed by atoms with Crippen molar-refractivity contribution >= 4 is 23.1 Å². The lowest BCUT2D eigenvalue weighted by Gasteiger charge is -2.31. The lowest BCUT2D eigenvalue weighted by molar-refractivity contribution is 0.252. The lowest BCUT2D eigenvalue weighted by Crippen LogP contribution is -2.29. The monoisotopic (exact) mass is 281 g/mol. The number of nitrogens with one attached hydrogen (secondary N) is 1. The van der Waals surface area contributed by atoms with Crippen LogP contribution < -0.4 is 11.1 Å². The summed E-state index contributed by atoms with van der Waals surface area (Å²) in [6.07, 6.45) is 6.55. The van der Waals surface area contributed by atoms with Gasteiger partial charge in [0.2, 0.25) is 0 Å². The van der Waals surface area contributed by atoms with Gasteiger partial charge in [-0.25, -0.2) is 4.98 Å². The number of rotatable bonds is 5. The third-order valence-electron chi connectivity index (χ3n) is 4.03. The maximum absolute atomic E-state index is 5.93. The fourth-order valence-corrected chi connectivity index (χ4v) is 3.45. The molecule has 1 aromatic rings. The molecule has 0 spiro atoms. The summed E-state index contributed by atoms with van der Waals surface area (Å²) >= 11 is 5.92. The van der Waals surface area contributed by atoms with E-state index >= 15 is 0 Å². The highest BCUT2D eigenvalue weighted by Crippen LogP contribution is 2.43. The summed E-state index contributed by atoms with van der Waals surface area (Å²) < 4.78 is 0. The highest BCUT2D eigenvalue weighted by Gasteiger charge is 2.34. The van der Waals surface area contributed by atoms with Gasteiger partial charge >= 0.3 is 0 Å². The molecule has 1 fully saturated rings. The number of anilines is 2. The van der Waals surface area contributed by atoms with Crippen LogP contribution in [0.1, 0.15) is 46.0 Å². The van der Waals surface area contributed by atoms with Crippen LogP contribution in [0.25, 0.3) is 0 Å². The minimum Gasteiger partial charge on any atom is -0.396 e. The Morgan fingerprint density at radius 2 is 2.05 bits per heavy atom. The van der Waals surface area contributed by atoms with E-state index in [1.165, 1.54) is 32.1 Å². The zero-order valence-corrected chi connectivity index (χ0v) is 12.6. The van der Waals surface area contributed by atoms with Crippen LogP contribution in [-0.4, -0.2) is 11.5 Å². The molecule has 0 radical (unpaired) electrons. The van der Waals surface area contributed by atoms with E-state index in [4.69, 9.17) is 17.3 Å². The Balaban J connectivity index is 2.04. The molecule has 1 aromatic heterocycles. The first-order valence-electron chi connectivity index (χ1n) is 7.17. The quantitative estimate of drug-likeness (QED) is 0.790. The van der Waals surface area contributed by atoms with Gasteiger partial charge in [-0.2, -0.15) is 0 Å². The minimum absolute atomic E-state index is 0.407. The first-order valence-corrected chi connectivity index (χ1v) is 7.54. The molecule has 19 heavy (non-hydrogen) atoms. The van der Waals surface area contributed by atoms with Crippen molar-refractivity contribution in [1.82, 2.24) is 4.98 Å². The summed E-state index contributed by atoms with van der Waals surface area (Å²) in [6, 6.07) is 3.53. The predicted molar refractivity (Wildman–Crippen MR) is 82.5 cm³/mol. The van der Waals surface area contributed by atoms with Gasteiger partial charge in [-0.1, -0.05) is 38.3 Å². The summed E-state index contributed by atoms with van der Waals surface area (Å²) in [6.45, 7) is 5.54. The Hall–Kier alpha value is -0.960. The number of hydrogen-bond donors (Lipinski definition) is 2. The summed E-state index contributed by atoms with van der Waals surface area (Å²) in [5, 5.41) is 3.91. The molecule has 0 unspecified atom stereocenters. The van der Waals surface area contributed by atoms with Gasteiger partial charge in [-0.15, -0.1) is 0 Å². The maximum Gasteiger partial charge on any atom is 0.150 e. The fraction of sp³-hybridized carbons (Fsp3) is 0.667. The van der Waals surface area contributed by atoms with Crippen LogP contribution in [0.5, 0.6) is 0 Å². The van der Waals surface area contributed by atoms with Crippen molar-refractivity contribution in [2.75, 3.05) is 17.6 Å². The van der Waals surface area contributed by atoms with Crippen molar-refractivity contribution in [2.45, 2.75) is 46.0 Å². The molecule has 1 aliphatic carbocycles. The van der Waals surface area contributed by atoms with Crippen LogP contribution in [0.2, 0.25) is 5.15 Å². The van der Waals surface area contributed by atoms with E-state index in [-0.39, 0.29) is 0 Å². The normalized spacial score (nSPS) is 17.9. The van der Waals surface area contributed by atoms with Gasteiger partial charge in [0, 0.05) is 6.54 Å². The first kappa shape index (κ1) is 14.4. The molecular formula is C15H24ClN3. The molecule has 3 nitrogen and oxygen atoms in total. The lowest BCUT2D eigenvalue weighted by atomic mass is 9.78. The zero-order chi connectivity index (χ0) is 13.9. The number of pyridine rings is 1. The molecular weight excluding hydrogens is 258 g/mol. The second-order valence-corrected chi connectivity index (χ2v) is 6.62. The third kappa shape index (κ3) is 3.75. The zero-order valence-electron chi connectivity index (χ0n) is 11.9. The van der Waals surface area contributed by atoms with Gasteiger partial charge in [0.25, 0.3) is 0 Å². The van der Waals surface area contributed by atoms with Crippen LogP contribution in [0, 0.1) is 11.3 Å². The second-order valence-electron chi connectivity index (χ2n) is 6.23. The largest absolute Gasteiger partial charge is 0.396 e. The van der Waals surface area contributed by atoms with Crippen LogP contribution >= 0.6 is 11.6 Å². The van der Waals surface area contributed by atoms with E-state index < -0.39 is 0 Å². The molecule has 1 saturated carbocycles. The van der Waals surface area contributed by atoms with Crippen molar-refractivity contribution < 1.29 is 0 Å². The molecule has 3 N–H and O–H groups in total. The highest BCUT2D eigenvalue weighted by molar-refractivity contribution is 6.29. The van der Waals surface area contributed by atoms with Crippen LogP contribution in [0.3, 0.4) is 0 Å². The highest BCUT2D eigenvalue weighted by atomic mass is 35.5. The Morgan fingerprint density at radius 3 is 2.68 bits per heavy atom. The van der Waals surface area contributed by atoms with Crippen LogP contribution in [-0.2, 0) is 0 Å². The Bertz CT molecular complexity index is 425. The molecule has 0 aliphatic heterocycles. The maximum atomic E-state index is 5.93. The first-order chi connectivity index (χ1) is 9.01. The topological polar surface area (TPSA) is 50.9 Å². The summed E-state index contributed by atoms with van der Waals surface area (Å²) in [5.41, 5.74) is 7.01. The fourth-order valence-electron chi connectivity index (χ4n) is 3.30. The van der Waals surface area contributed by atoms with E-state index in [9.17, 15) is 0 Å². The molecule has 0 saturated heterocycles. The van der Waals surface area contributed by atoms with Crippen molar-refractivity contribution in [3.63, 3.8) is 0 Å². The van der Waals surface area contributed by atoms with E-state index in [1.807, 2.05) is 0 Å². The SMILES string of the molecule is CC(C)CC1(CNc2nc(Cl)ccc2N)CCCC1. The van der Waals surface area contributed by atoms with Gasteiger partial charge in [0.1, 0.15) is 5.15 Å². The predicted octanol–water partition coefficient (Wildman–Crippen LogP) is 4.34. The van der Waals surface area contributed by atoms with E-state index in [1.54, 1.807) is 12.1 Å². The van der Waals surface area contributed by atoms with E-state index in [2.05, 4.69) is 24.1 Å². The summed E-state index contributed by atoms with van der Waals surface area (Å²) in [5.74, 6) is 1.45. The number of nitrogens with zero attached hydrogens (tertiary/aromatic N) is 1. The van der Waals surface area contributed by atoms with Crippen LogP contribution in [0.15, 0.2) is 12.1 Å². The number of aromatic nitrogens is 1. The van der Waals surface area contributed by atoms with E-state index in [0.29, 0.717) is 16.3 Å². The molecule has 0 aromatic carbocycles. The molecule has 106 valence electrons. The summed E-state index contributed by atoms with van der Waals surface area (Å²) in [7, 11) is 0. The van der Waals surface area contributed by atoms with Crippen LogP contribution in [0.4, 0.5) is 11.5 Å².